The van der Waals surface area contributed by atoms with E-state index in [1.807, 2.05) is 42.5 Å². The van der Waals surface area contributed by atoms with Gasteiger partial charge in [0.15, 0.2) is 10.1 Å². The Morgan fingerprint density at radius 3 is 2.25 bits per heavy atom. The monoisotopic (exact) mass is 514 g/mol. The van der Waals surface area contributed by atoms with E-state index in [2.05, 4.69) is 20.8 Å². The highest BCUT2D eigenvalue weighted by molar-refractivity contribution is 8.00. The van der Waals surface area contributed by atoms with Crippen LogP contribution in [0.15, 0.2) is 89.3 Å². The van der Waals surface area contributed by atoms with Gasteiger partial charge < -0.3 is 5.32 Å². The zero-order chi connectivity index (χ0) is 25.3. The molecule has 36 heavy (non-hydrogen) atoms. The third-order valence-corrected chi connectivity index (χ3v) is 7.03. The van der Waals surface area contributed by atoms with Gasteiger partial charge in [0, 0.05) is 28.6 Å². The Kier molecular flexibility index (Phi) is 8.38. The molecule has 0 fully saturated rings. The lowest BCUT2D eigenvalue weighted by atomic mass is 10.1. The van der Waals surface area contributed by atoms with Gasteiger partial charge in [0.1, 0.15) is 0 Å². The van der Waals surface area contributed by atoms with Crippen molar-refractivity contribution < 1.29 is 14.4 Å². The van der Waals surface area contributed by atoms with E-state index in [1.54, 1.807) is 42.5 Å². The number of nitrogens with one attached hydrogen (secondary N) is 2. The van der Waals surface area contributed by atoms with E-state index in [-0.39, 0.29) is 17.6 Å². The number of hydrogen-bond acceptors (Lipinski definition) is 7. The molecule has 2 N–H and O–H groups in total. The van der Waals surface area contributed by atoms with E-state index >= 15 is 0 Å². The Balaban J connectivity index is 1.26. The molecule has 9 heteroatoms. The Hall–Kier alpha value is -4.08. The van der Waals surface area contributed by atoms with Gasteiger partial charge in [-0.1, -0.05) is 65.6 Å². The SMILES string of the molecule is CC(=O)c1ccc(NC(=O)c2ccc(CSc3nnc(NC(=O)C=Cc4ccccc4)s3)cc2)cc1. The van der Waals surface area contributed by atoms with Crippen LogP contribution >= 0.6 is 23.1 Å². The number of hydrogen-bond donors (Lipinski definition) is 2. The first-order chi connectivity index (χ1) is 17.5. The fourth-order valence-corrected chi connectivity index (χ4v) is 4.80. The van der Waals surface area contributed by atoms with Gasteiger partial charge >= 0.3 is 0 Å². The maximum Gasteiger partial charge on any atom is 0.255 e. The normalized spacial score (nSPS) is 10.8. The molecule has 0 aliphatic heterocycles. The predicted octanol–water partition coefficient (Wildman–Crippen LogP) is 5.94. The molecule has 4 rings (SSSR count). The number of rotatable bonds is 9. The molecule has 3 aromatic carbocycles. The maximum absolute atomic E-state index is 12.5. The van der Waals surface area contributed by atoms with Crippen molar-refractivity contribution in [1.29, 1.82) is 0 Å². The average Bonchev–Trinajstić information content (AvgIpc) is 3.34. The largest absolute Gasteiger partial charge is 0.322 e. The van der Waals surface area contributed by atoms with Crippen LogP contribution in [0.5, 0.6) is 0 Å². The maximum atomic E-state index is 12.5. The first-order valence-corrected chi connectivity index (χ1v) is 12.8. The van der Waals surface area contributed by atoms with Crippen molar-refractivity contribution in [3.8, 4) is 0 Å². The molecule has 180 valence electrons. The van der Waals surface area contributed by atoms with Crippen molar-refractivity contribution in [2.75, 3.05) is 10.6 Å². The molecule has 0 saturated carbocycles. The van der Waals surface area contributed by atoms with Crippen LogP contribution in [-0.4, -0.2) is 27.8 Å². The van der Waals surface area contributed by atoms with Gasteiger partial charge in [0.2, 0.25) is 11.0 Å². The molecule has 0 saturated heterocycles. The van der Waals surface area contributed by atoms with Crippen LogP contribution in [-0.2, 0) is 10.5 Å². The Morgan fingerprint density at radius 1 is 0.861 bits per heavy atom. The highest BCUT2D eigenvalue weighted by atomic mass is 32.2. The van der Waals surface area contributed by atoms with Crippen molar-refractivity contribution >= 4 is 57.6 Å². The number of benzene rings is 3. The molecular formula is C27H22N4O3S2. The zero-order valence-electron chi connectivity index (χ0n) is 19.3. The number of thioether (sulfide) groups is 1. The smallest absolute Gasteiger partial charge is 0.255 e. The van der Waals surface area contributed by atoms with E-state index < -0.39 is 0 Å². The summed E-state index contributed by atoms with van der Waals surface area (Å²) in [5.41, 5.74) is 3.71. The Bertz CT molecular complexity index is 1380. The van der Waals surface area contributed by atoms with Crippen molar-refractivity contribution in [2.24, 2.45) is 0 Å². The molecule has 0 spiro atoms. The molecule has 0 unspecified atom stereocenters. The van der Waals surface area contributed by atoms with Gasteiger partial charge in [-0.2, -0.15) is 0 Å². The van der Waals surface area contributed by atoms with E-state index in [1.165, 1.54) is 36.1 Å². The second kappa shape index (κ2) is 12.1. The summed E-state index contributed by atoms with van der Waals surface area (Å²) in [6.07, 6.45) is 3.20. The highest BCUT2D eigenvalue weighted by Crippen LogP contribution is 2.28. The highest BCUT2D eigenvalue weighted by Gasteiger charge is 2.09. The summed E-state index contributed by atoms with van der Waals surface area (Å²) in [4.78, 5) is 36.0. The fraction of sp³-hybridized carbons (Fsp3) is 0.0741. The van der Waals surface area contributed by atoms with E-state index in [4.69, 9.17) is 0 Å². The number of amides is 2. The third-order valence-electron chi connectivity index (χ3n) is 4.99. The van der Waals surface area contributed by atoms with Crippen molar-refractivity contribution in [3.05, 3.63) is 107 Å². The first-order valence-electron chi connectivity index (χ1n) is 11.0. The number of nitrogens with zero attached hydrogens (tertiary/aromatic N) is 2. The summed E-state index contributed by atoms with van der Waals surface area (Å²) in [5, 5.41) is 14.1. The Labute approximate surface area is 216 Å². The summed E-state index contributed by atoms with van der Waals surface area (Å²) >= 11 is 2.80. The molecule has 4 aromatic rings. The van der Waals surface area contributed by atoms with Gasteiger partial charge in [-0.15, -0.1) is 10.2 Å². The number of carbonyl (C=O) groups excluding carboxylic acids is 3. The third kappa shape index (κ3) is 7.21. The lowest BCUT2D eigenvalue weighted by molar-refractivity contribution is -0.111. The fourth-order valence-electron chi connectivity index (χ4n) is 3.09. The molecule has 0 bridgehead atoms. The van der Waals surface area contributed by atoms with Gasteiger partial charge in [-0.05, 0) is 60.5 Å². The van der Waals surface area contributed by atoms with Gasteiger partial charge in [-0.25, -0.2) is 0 Å². The molecule has 0 radical (unpaired) electrons. The van der Waals surface area contributed by atoms with Crippen LogP contribution in [0.4, 0.5) is 10.8 Å². The quantitative estimate of drug-likeness (QED) is 0.124. The van der Waals surface area contributed by atoms with E-state index in [0.29, 0.717) is 27.7 Å². The lowest BCUT2D eigenvalue weighted by Crippen LogP contribution is -2.11. The topological polar surface area (TPSA) is 101 Å². The van der Waals surface area contributed by atoms with Crippen molar-refractivity contribution in [3.63, 3.8) is 0 Å². The minimum Gasteiger partial charge on any atom is -0.322 e. The molecule has 7 nitrogen and oxygen atoms in total. The second-order valence-corrected chi connectivity index (χ2v) is 9.88. The molecule has 1 aromatic heterocycles. The number of carbonyl (C=O) groups is 3. The molecule has 0 atom stereocenters. The van der Waals surface area contributed by atoms with Crippen LogP contribution in [0, 0.1) is 0 Å². The van der Waals surface area contributed by atoms with Crippen LogP contribution in [0.1, 0.15) is 38.8 Å². The van der Waals surface area contributed by atoms with E-state index in [9.17, 15) is 14.4 Å². The predicted molar refractivity (Wildman–Crippen MR) is 144 cm³/mol. The molecule has 0 aliphatic carbocycles. The first kappa shape index (κ1) is 25.0. The van der Waals surface area contributed by atoms with Gasteiger partial charge in [0.05, 0.1) is 0 Å². The number of ketones is 1. The minimum atomic E-state index is -0.268. The standard InChI is InChI=1S/C27H22N4O3S2/c1-18(32)21-12-14-23(15-13-21)28-25(34)22-10-7-20(8-11-22)17-35-27-31-30-26(36-27)29-24(33)16-9-19-5-3-2-4-6-19/h2-16H,17H2,1H3,(H,28,34)(H,29,30,33). The van der Waals surface area contributed by atoms with E-state index in [0.717, 1.165) is 15.5 Å². The minimum absolute atomic E-state index is 0.0215. The molecule has 2 amide bonds. The zero-order valence-corrected chi connectivity index (χ0v) is 20.9. The number of Topliss-reactive ketones (excluding diaryl/α,β-unsaturated/α-hetero) is 1. The summed E-state index contributed by atoms with van der Waals surface area (Å²) in [6.45, 7) is 1.50. The number of anilines is 2. The number of aromatic nitrogens is 2. The molecule has 0 aliphatic rings. The van der Waals surface area contributed by atoms with Crippen LogP contribution < -0.4 is 10.6 Å². The van der Waals surface area contributed by atoms with Crippen LogP contribution in [0.25, 0.3) is 6.08 Å². The van der Waals surface area contributed by atoms with Crippen molar-refractivity contribution in [1.82, 2.24) is 10.2 Å². The summed E-state index contributed by atoms with van der Waals surface area (Å²) in [7, 11) is 0. The van der Waals surface area contributed by atoms with Gasteiger partial charge in [-0.3, -0.25) is 19.7 Å². The Morgan fingerprint density at radius 2 is 1.56 bits per heavy atom. The van der Waals surface area contributed by atoms with Crippen LogP contribution in [0.3, 0.4) is 0 Å². The summed E-state index contributed by atoms with van der Waals surface area (Å²) < 4.78 is 0.730. The molecule has 1 heterocycles. The second-order valence-electron chi connectivity index (χ2n) is 7.68. The lowest BCUT2D eigenvalue weighted by Gasteiger charge is -2.07. The van der Waals surface area contributed by atoms with Crippen molar-refractivity contribution in [2.45, 2.75) is 17.0 Å². The average molecular weight is 515 g/mol. The molecular weight excluding hydrogens is 492 g/mol. The summed E-state index contributed by atoms with van der Waals surface area (Å²) in [6, 6.07) is 23.6. The summed E-state index contributed by atoms with van der Waals surface area (Å²) in [5.74, 6) is 0.128. The van der Waals surface area contributed by atoms with Crippen LogP contribution in [0.2, 0.25) is 0 Å². The van der Waals surface area contributed by atoms with Gasteiger partial charge in [0.25, 0.3) is 5.91 Å².